The summed E-state index contributed by atoms with van der Waals surface area (Å²) in [5.41, 5.74) is 1.42. The molecule has 1 aromatic rings. The van der Waals surface area contributed by atoms with Crippen LogP contribution in [0.4, 0.5) is 5.69 Å². The number of anilines is 1. The molecule has 0 heterocycles. The number of carbonyl (C=O) groups excluding carboxylic acids is 1. The van der Waals surface area contributed by atoms with Crippen molar-refractivity contribution in [2.24, 2.45) is 0 Å². The van der Waals surface area contributed by atoms with Crippen LogP contribution in [0.25, 0.3) is 0 Å². The van der Waals surface area contributed by atoms with Crippen molar-refractivity contribution >= 4 is 21.4 Å². The summed E-state index contributed by atoms with van der Waals surface area (Å²) >= 11 is 0. The minimum atomic E-state index is -3.25. The van der Waals surface area contributed by atoms with Crippen LogP contribution in [0.5, 0.6) is 0 Å². The predicted molar refractivity (Wildman–Crippen MR) is 72.4 cm³/mol. The third-order valence-electron chi connectivity index (χ3n) is 2.67. The number of nitrogens with one attached hydrogen (secondary N) is 1. The lowest BCUT2D eigenvalue weighted by molar-refractivity contribution is -0.116. The van der Waals surface area contributed by atoms with Crippen molar-refractivity contribution in [3.05, 3.63) is 23.8 Å². The van der Waals surface area contributed by atoms with Gasteiger partial charge in [-0.25, -0.2) is 8.42 Å². The van der Waals surface area contributed by atoms with Gasteiger partial charge in [-0.05, 0) is 31.0 Å². The zero-order chi connectivity index (χ0) is 13.8. The molecule has 1 rings (SSSR count). The van der Waals surface area contributed by atoms with Gasteiger partial charge in [0.1, 0.15) is 0 Å². The number of amides is 1. The monoisotopic (exact) mass is 269 g/mol. The molecule has 0 radical (unpaired) electrons. The summed E-state index contributed by atoms with van der Waals surface area (Å²) in [4.78, 5) is 11.8. The van der Waals surface area contributed by atoms with Gasteiger partial charge in [-0.2, -0.15) is 0 Å². The summed E-state index contributed by atoms with van der Waals surface area (Å²) in [5, 5.41) is 2.75. The van der Waals surface area contributed by atoms with Gasteiger partial charge in [0.05, 0.1) is 4.90 Å². The Bertz CT molecular complexity index is 535. The number of hydrogen-bond acceptors (Lipinski definition) is 3. The van der Waals surface area contributed by atoms with E-state index in [-0.39, 0.29) is 10.8 Å². The number of hydrogen-bond donors (Lipinski definition) is 1. The second kappa shape index (κ2) is 6.00. The van der Waals surface area contributed by atoms with Gasteiger partial charge in [0, 0.05) is 18.4 Å². The quantitative estimate of drug-likeness (QED) is 0.893. The maximum Gasteiger partial charge on any atom is 0.224 e. The molecule has 0 bridgehead atoms. The Labute approximate surface area is 108 Å². The molecule has 4 nitrogen and oxygen atoms in total. The number of carbonyl (C=O) groups is 1. The topological polar surface area (TPSA) is 63.2 Å². The summed E-state index contributed by atoms with van der Waals surface area (Å²) in [6.45, 7) is 3.85. The number of aryl methyl sites for hydroxylation is 1. The third-order valence-corrected chi connectivity index (χ3v) is 3.78. The minimum Gasteiger partial charge on any atom is -0.326 e. The van der Waals surface area contributed by atoms with Gasteiger partial charge in [0.25, 0.3) is 0 Å². The zero-order valence-electron chi connectivity index (χ0n) is 11.0. The molecule has 0 saturated carbocycles. The molecule has 0 atom stereocenters. The van der Waals surface area contributed by atoms with Gasteiger partial charge in [-0.3, -0.25) is 4.79 Å². The standard InChI is InChI=1S/C13H19NO3S/c1-4-5-6-13(15)14-12-9-11(18(3,16)17)8-7-10(12)2/h7-9H,4-6H2,1-3H3,(H,14,15). The van der Waals surface area contributed by atoms with Crippen molar-refractivity contribution in [3.8, 4) is 0 Å². The Balaban J connectivity index is 2.92. The molecule has 0 unspecified atom stereocenters. The molecule has 0 aliphatic rings. The number of unbranched alkanes of at least 4 members (excludes halogenated alkanes) is 1. The highest BCUT2D eigenvalue weighted by molar-refractivity contribution is 7.90. The Kier molecular flexibility index (Phi) is 4.90. The zero-order valence-corrected chi connectivity index (χ0v) is 11.8. The molecule has 100 valence electrons. The van der Waals surface area contributed by atoms with E-state index < -0.39 is 9.84 Å². The van der Waals surface area contributed by atoms with E-state index in [1.54, 1.807) is 12.1 Å². The molecule has 0 aliphatic heterocycles. The fraction of sp³-hybridized carbons (Fsp3) is 0.462. The first kappa shape index (κ1) is 14.7. The highest BCUT2D eigenvalue weighted by Crippen LogP contribution is 2.20. The Hall–Kier alpha value is -1.36. The first-order valence-corrected chi connectivity index (χ1v) is 7.84. The lowest BCUT2D eigenvalue weighted by atomic mass is 10.2. The Morgan fingerprint density at radius 1 is 1.33 bits per heavy atom. The van der Waals surface area contributed by atoms with Crippen molar-refractivity contribution in [1.82, 2.24) is 0 Å². The fourth-order valence-electron chi connectivity index (χ4n) is 1.52. The number of rotatable bonds is 5. The molecular weight excluding hydrogens is 250 g/mol. The highest BCUT2D eigenvalue weighted by atomic mass is 32.2. The normalized spacial score (nSPS) is 11.3. The van der Waals surface area contributed by atoms with Crippen LogP contribution in [0, 0.1) is 6.92 Å². The summed E-state index contributed by atoms with van der Waals surface area (Å²) in [6.07, 6.45) is 3.39. The van der Waals surface area contributed by atoms with Crippen molar-refractivity contribution < 1.29 is 13.2 Å². The molecule has 0 aromatic heterocycles. The Morgan fingerprint density at radius 2 is 2.00 bits per heavy atom. The van der Waals surface area contributed by atoms with Crippen LogP contribution in [-0.2, 0) is 14.6 Å². The molecule has 1 N–H and O–H groups in total. The maximum absolute atomic E-state index is 11.6. The Morgan fingerprint density at radius 3 is 2.56 bits per heavy atom. The van der Waals surface area contributed by atoms with Gasteiger partial charge >= 0.3 is 0 Å². The van der Waals surface area contributed by atoms with Crippen molar-refractivity contribution in [1.29, 1.82) is 0 Å². The van der Waals surface area contributed by atoms with E-state index in [9.17, 15) is 13.2 Å². The van der Waals surface area contributed by atoms with Crippen LogP contribution >= 0.6 is 0 Å². The fourth-order valence-corrected chi connectivity index (χ4v) is 2.16. The van der Waals surface area contributed by atoms with Crippen LogP contribution in [0.15, 0.2) is 23.1 Å². The first-order chi connectivity index (χ1) is 8.34. The molecule has 0 aliphatic carbocycles. The lowest BCUT2D eigenvalue weighted by Gasteiger charge is -2.09. The lowest BCUT2D eigenvalue weighted by Crippen LogP contribution is -2.12. The summed E-state index contributed by atoms with van der Waals surface area (Å²) in [6, 6.07) is 4.76. The molecule has 0 saturated heterocycles. The number of sulfone groups is 1. The highest BCUT2D eigenvalue weighted by Gasteiger charge is 2.11. The second-order valence-corrected chi connectivity index (χ2v) is 6.42. The molecule has 1 aromatic carbocycles. The second-order valence-electron chi connectivity index (χ2n) is 4.40. The van der Waals surface area contributed by atoms with Crippen LogP contribution in [0.1, 0.15) is 31.7 Å². The van der Waals surface area contributed by atoms with Crippen molar-refractivity contribution in [3.63, 3.8) is 0 Å². The van der Waals surface area contributed by atoms with E-state index in [0.717, 1.165) is 24.7 Å². The van der Waals surface area contributed by atoms with E-state index in [1.165, 1.54) is 6.07 Å². The molecular formula is C13H19NO3S. The van der Waals surface area contributed by atoms with Crippen molar-refractivity contribution in [2.75, 3.05) is 11.6 Å². The molecule has 0 spiro atoms. The number of benzene rings is 1. The average Bonchev–Trinajstić information content (AvgIpc) is 2.28. The van der Waals surface area contributed by atoms with Gasteiger partial charge in [0.2, 0.25) is 5.91 Å². The largest absolute Gasteiger partial charge is 0.326 e. The van der Waals surface area contributed by atoms with E-state index in [0.29, 0.717) is 12.1 Å². The van der Waals surface area contributed by atoms with Crippen LogP contribution in [0.3, 0.4) is 0 Å². The smallest absolute Gasteiger partial charge is 0.224 e. The van der Waals surface area contributed by atoms with Crippen molar-refractivity contribution in [2.45, 2.75) is 38.0 Å². The molecule has 18 heavy (non-hydrogen) atoms. The van der Waals surface area contributed by atoms with Gasteiger partial charge < -0.3 is 5.32 Å². The minimum absolute atomic E-state index is 0.0781. The third kappa shape index (κ3) is 4.14. The summed E-state index contributed by atoms with van der Waals surface area (Å²) in [5.74, 6) is -0.0781. The molecule has 1 amide bonds. The van der Waals surface area contributed by atoms with Gasteiger partial charge in [-0.1, -0.05) is 19.4 Å². The van der Waals surface area contributed by atoms with E-state index in [2.05, 4.69) is 5.32 Å². The predicted octanol–water partition coefficient (Wildman–Crippen LogP) is 2.53. The SMILES string of the molecule is CCCCC(=O)Nc1cc(S(C)(=O)=O)ccc1C. The van der Waals surface area contributed by atoms with Crippen LogP contribution < -0.4 is 5.32 Å². The average molecular weight is 269 g/mol. The van der Waals surface area contributed by atoms with Gasteiger partial charge in [-0.15, -0.1) is 0 Å². The van der Waals surface area contributed by atoms with Gasteiger partial charge in [0.15, 0.2) is 9.84 Å². The van der Waals surface area contributed by atoms with E-state index >= 15 is 0 Å². The molecule has 5 heteroatoms. The first-order valence-electron chi connectivity index (χ1n) is 5.95. The van der Waals surface area contributed by atoms with E-state index in [1.807, 2.05) is 13.8 Å². The molecule has 0 fully saturated rings. The maximum atomic E-state index is 11.6. The summed E-state index contributed by atoms with van der Waals surface area (Å²) in [7, 11) is -3.25. The van der Waals surface area contributed by atoms with E-state index in [4.69, 9.17) is 0 Å². The summed E-state index contributed by atoms with van der Waals surface area (Å²) < 4.78 is 22.9. The van der Waals surface area contributed by atoms with Crippen LogP contribution in [-0.4, -0.2) is 20.6 Å². The van der Waals surface area contributed by atoms with Crippen LogP contribution in [0.2, 0.25) is 0 Å².